The van der Waals surface area contributed by atoms with Crippen LogP contribution in [0.3, 0.4) is 0 Å². The third-order valence-electron chi connectivity index (χ3n) is 4.96. The maximum Gasteiger partial charge on any atom is 0.222 e. The highest BCUT2D eigenvalue weighted by molar-refractivity contribution is 5.76. The molecule has 0 bridgehead atoms. The van der Waals surface area contributed by atoms with Crippen molar-refractivity contribution in [2.75, 3.05) is 26.7 Å². The zero-order valence-electron chi connectivity index (χ0n) is 14.2. The molecule has 22 heavy (non-hydrogen) atoms. The summed E-state index contributed by atoms with van der Waals surface area (Å²) in [4.78, 5) is 25.7. The van der Waals surface area contributed by atoms with Gasteiger partial charge in [0.1, 0.15) is 0 Å². The Morgan fingerprint density at radius 1 is 1.32 bits per heavy atom. The average molecular weight is 310 g/mol. The topological polar surface area (TPSA) is 58.6 Å². The van der Waals surface area contributed by atoms with Crippen LogP contribution in [-0.2, 0) is 14.3 Å². The maximum absolute atomic E-state index is 12.2. The Labute approximate surface area is 133 Å². The van der Waals surface area contributed by atoms with Crippen LogP contribution in [0.1, 0.15) is 52.4 Å². The fourth-order valence-electron chi connectivity index (χ4n) is 3.66. The molecule has 126 valence electrons. The summed E-state index contributed by atoms with van der Waals surface area (Å²) in [6, 6.07) is 0. The number of piperidine rings is 1. The second-order valence-electron chi connectivity index (χ2n) is 7.25. The lowest BCUT2D eigenvalue weighted by atomic mass is 9.78. The molecule has 5 nitrogen and oxygen atoms in total. The molecule has 2 aliphatic rings. The van der Waals surface area contributed by atoms with E-state index in [0.29, 0.717) is 24.7 Å². The van der Waals surface area contributed by atoms with Crippen LogP contribution in [0.5, 0.6) is 0 Å². The van der Waals surface area contributed by atoms with E-state index in [9.17, 15) is 9.59 Å². The van der Waals surface area contributed by atoms with Gasteiger partial charge in [-0.25, -0.2) is 0 Å². The predicted molar refractivity (Wildman–Crippen MR) is 85.4 cm³/mol. The molecule has 0 aromatic carbocycles. The van der Waals surface area contributed by atoms with E-state index in [0.717, 1.165) is 45.4 Å². The van der Waals surface area contributed by atoms with Crippen LogP contribution in [0.15, 0.2) is 0 Å². The molecule has 0 saturated carbocycles. The zero-order valence-corrected chi connectivity index (χ0v) is 14.2. The van der Waals surface area contributed by atoms with E-state index in [1.54, 1.807) is 7.05 Å². The van der Waals surface area contributed by atoms with E-state index >= 15 is 0 Å². The summed E-state index contributed by atoms with van der Waals surface area (Å²) in [6.07, 6.45) is 4.95. The Morgan fingerprint density at radius 3 is 2.59 bits per heavy atom. The molecule has 0 aromatic rings. The van der Waals surface area contributed by atoms with Gasteiger partial charge in [-0.05, 0) is 37.5 Å². The lowest BCUT2D eigenvalue weighted by Gasteiger charge is -2.46. The molecule has 2 rings (SSSR count). The van der Waals surface area contributed by atoms with Crippen molar-refractivity contribution in [2.24, 2.45) is 11.8 Å². The third kappa shape index (κ3) is 4.45. The van der Waals surface area contributed by atoms with Gasteiger partial charge in [-0.1, -0.05) is 13.8 Å². The smallest absolute Gasteiger partial charge is 0.222 e. The van der Waals surface area contributed by atoms with Gasteiger partial charge in [0.05, 0.1) is 5.60 Å². The normalized spacial score (nSPS) is 24.5. The zero-order chi connectivity index (χ0) is 16.2. The lowest BCUT2D eigenvalue weighted by Crippen LogP contribution is -2.51. The molecular formula is C17H30N2O3. The van der Waals surface area contributed by atoms with Crippen molar-refractivity contribution in [3.05, 3.63) is 0 Å². The summed E-state index contributed by atoms with van der Waals surface area (Å²) in [7, 11) is 1.69. The number of carbonyl (C=O) groups is 2. The minimum absolute atomic E-state index is 0.106. The van der Waals surface area contributed by atoms with E-state index in [4.69, 9.17) is 4.74 Å². The molecule has 2 fully saturated rings. The first-order valence-corrected chi connectivity index (χ1v) is 8.56. The first-order valence-electron chi connectivity index (χ1n) is 8.56. The predicted octanol–water partition coefficient (Wildman–Crippen LogP) is 1.96. The van der Waals surface area contributed by atoms with Gasteiger partial charge >= 0.3 is 0 Å². The van der Waals surface area contributed by atoms with Gasteiger partial charge in [0.2, 0.25) is 11.8 Å². The average Bonchev–Trinajstić information content (AvgIpc) is 2.47. The molecule has 2 aliphatic heterocycles. The highest BCUT2D eigenvalue weighted by Crippen LogP contribution is 2.38. The first-order chi connectivity index (χ1) is 10.4. The minimum Gasteiger partial charge on any atom is -0.375 e. The molecule has 2 heterocycles. The van der Waals surface area contributed by atoms with Crippen molar-refractivity contribution in [3.8, 4) is 0 Å². The molecule has 5 heteroatoms. The Kier molecular flexibility index (Phi) is 5.84. The van der Waals surface area contributed by atoms with Crippen LogP contribution in [0.25, 0.3) is 0 Å². The second-order valence-corrected chi connectivity index (χ2v) is 7.25. The van der Waals surface area contributed by atoms with E-state index < -0.39 is 0 Å². The van der Waals surface area contributed by atoms with Crippen LogP contribution in [-0.4, -0.2) is 49.1 Å². The van der Waals surface area contributed by atoms with E-state index in [-0.39, 0.29) is 17.4 Å². The number of rotatable bonds is 4. The molecular weight excluding hydrogens is 280 g/mol. The summed E-state index contributed by atoms with van der Waals surface area (Å²) in [5.74, 6) is 1.20. The van der Waals surface area contributed by atoms with Crippen molar-refractivity contribution < 1.29 is 14.3 Å². The molecule has 2 amide bonds. The van der Waals surface area contributed by atoms with Crippen LogP contribution in [0.2, 0.25) is 0 Å². The van der Waals surface area contributed by atoms with Gasteiger partial charge in [0.25, 0.3) is 0 Å². The molecule has 1 atom stereocenters. The number of hydrogen-bond donors (Lipinski definition) is 1. The first kappa shape index (κ1) is 17.3. The Bertz CT molecular complexity index is 401. The van der Waals surface area contributed by atoms with E-state index in [2.05, 4.69) is 19.2 Å². The number of ether oxygens (including phenoxy) is 1. The highest BCUT2D eigenvalue weighted by atomic mass is 16.5. The van der Waals surface area contributed by atoms with Gasteiger partial charge < -0.3 is 15.0 Å². The molecule has 0 radical (unpaired) electrons. The monoisotopic (exact) mass is 310 g/mol. The lowest BCUT2D eigenvalue weighted by molar-refractivity contribution is -0.148. The third-order valence-corrected chi connectivity index (χ3v) is 4.96. The highest BCUT2D eigenvalue weighted by Gasteiger charge is 2.41. The van der Waals surface area contributed by atoms with Crippen molar-refractivity contribution >= 4 is 11.8 Å². The molecule has 2 saturated heterocycles. The number of carbonyl (C=O) groups excluding carboxylic acids is 2. The largest absolute Gasteiger partial charge is 0.375 e. The number of likely N-dealkylation sites (tertiary alicyclic amines) is 1. The van der Waals surface area contributed by atoms with Crippen LogP contribution < -0.4 is 5.32 Å². The summed E-state index contributed by atoms with van der Waals surface area (Å²) in [5.41, 5.74) is -0.106. The number of nitrogens with zero attached hydrogens (tertiary/aromatic N) is 1. The van der Waals surface area contributed by atoms with Crippen LogP contribution >= 0.6 is 0 Å². The molecule has 1 N–H and O–H groups in total. The Morgan fingerprint density at radius 2 is 2.00 bits per heavy atom. The molecule has 0 aromatic heterocycles. The van der Waals surface area contributed by atoms with Crippen molar-refractivity contribution in [1.29, 1.82) is 0 Å². The quantitative estimate of drug-likeness (QED) is 0.863. The van der Waals surface area contributed by atoms with Crippen LogP contribution in [0, 0.1) is 11.8 Å². The summed E-state index contributed by atoms with van der Waals surface area (Å²) in [6.45, 7) is 6.48. The Hall–Kier alpha value is -1.10. The van der Waals surface area contributed by atoms with Gasteiger partial charge in [0, 0.05) is 39.6 Å². The summed E-state index contributed by atoms with van der Waals surface area (Å²) >= 11 is 0. The minimum atomic E-state index is -0.106. The fourth-order valence-corrected chi connectivity index (χ4v) is 3.66. The SMILES string of the molecule is CNC(=O)CC1CCOC2(CCN(C(=O)CC(C)C)CC2)C1. The second kappa shape index (κ2) is 7.44. The van der Waals surface area contributed by atoms with Gasteiger partial charge in [-0.2, -0.15) is 0 Å². The number of amides is 2. The van der Waals surface area contributed by atoms with Gasteiger partial charge in [-0.3, -0.25) is 9.59 Å². The summed E-state index contributed by atoms with van der Waals surface area (Å²) in [5, 5.41) is 2.71. The standard InChI is InChI=1S/C17H30N2O3/c1-13(2)10-16(21)19-7-5-17(6-8-19)12-14(4-9-22-17)11-15(20)18-3/h13-14H,4-12H2,1-3H3,(H,18,20). The van der Waals surface area contributed by atoms with Crippen molar-refractivity contribution in [3.63, 3.8) is 0 Å². The fraction of sp³-hybridized carbons (Fsp3) is 0.882. The number of hydrogen-bond acceptors (Lipinski definition) is 3. The van der Waals surface area contributed by atoms with E-state index in [1.807, 2.05) is 4.90 Å². The molecule has 1 unspecified atom stereocenters. The molecule has 1 spiro atoms. The maximum atomic E-state index is 12.2. The molecule has 0 aliphatic carbocycles. The van der Waals surface area contributed by atoms with Crippen LogP contribution in [0.4, 0.5) is 0 Å². The number of nitrogens with one attached hydrogen (secondary N) is 1. The summed E-state index contributed by atoms with van der Waals surface area (Å²) < 4.78 is 6.09. The Balaban J connectivity index is 1.86. The van der Waals surface area contributed by atoms with E-state index in [1.165, 1.54) is 0 Å². The van der Waals surface area contributed by atoms with Crippen molar-refractivity contribution in [2.45, 2.75) is 58.0 Å². The van der Waals surface area contributed by atoms with Gasteiger partial charge in [-0.15, -0.1) is 0 Å². The van der Waals surface area contributed by atoms with Gasteiger partial charge in [0.15, 0.2) is 0 Å². The van der Waals surface area contributed by atoms with Crippen molar-refractivity contribution in [1.82, 2.24) is 10.2 Å².